The fraction of sp³-hybridized carbons (Fsp3) is 0.632. The molecular formula is C19H28N4O2. The molecule has 136 valence electrons. The molecule has 2 saturated heterocycles. The van der Waals surface area contributed by atoms with Gasteiger partial charge in [0.1, 0.15) is 5.92 Å². The highest BCUT2D eigenvalue weighted by molar-refractivity contribution is 6.02. The average Bonchev–Trinajstić information content (AvgIpc) is 2.98. The standard InChI is InChI=1S/C19H28N4O2/c1-19(2,3)15-12-21-17(24)16(15)18(25)23-10-8-22(9-11-23)13-14-6-4-5-7-20-14/h4-7,15-16H,8-13H2,1-3H3,(H,21,24)/t15-,16-/m1/s1. The van der Waals surface area contributed by atoms with Crippen LogP contribution in [0.25, 0.3) is 0 Å². The maximum Gasteiger partial charge on any atom is 0.235 e. The van der Waals surface area contributed by atoms with Gasteiger partial charge in [0, 0.05) is 51.4 Å². The quantitative estimate of drug-likeness (QED) is 0.835. The third-order valence-electron chi connectivity index (χ3n) is 5.36. The van der Waals surface area contributed by atoms with Crippen LogP contribution in [0.15, 0.2) is 24.4 Å². The van der Waals surface area contributed by atoms with Gasteiger partial charge in [-0.15, -0.1) is 0 Å². The van der Waals surface area contributed by atoms with E-state index in [1.807, 2.05) is 23.1 Å². The van der Waals surface area contributed by atoms with E-state index in [0.717, 1.165) is 25.3 Å². The summed E-state index contributed by atoms with van der Waals surface area (Å²) in [6.45, 7) is 10.7. The molecule has 6 heteroatoms. The first-order valence-corrected chi connectivity index (χ1v) is 9.05. The maximum absolute atomic E-state index is 13.0. The van der Waals surface area contributed by atoms with Crippen LogP contribution in [0.1, 0.15) is 26.5 Å². The van der Waals surface area contributed by atoms with Crippen molar-refractivity contribution in [2.45, 2.75) is 27.3 Å². The molecule has 0 aromatic carbocycles. The molecule has 0 saturated carbocycles. The molecule has 2 atom stereocenters. The van der Waals surface area contributed by atoms with Gasteiger partial charge in [-0.1, -0.05) is 26.8 Å². The van der Waals surface area contributed by atoms with E-state index in [0.29, 0.717) is 19.6 Å². The van der Waals surface area contributed by atoms with E-state index in [9.17, 15) is 9.59 Å². The molecule has 0 unspecified atom stereocenters. The smallest absolute Gasteiger partial charge is 0.235 e. The summed E-state index contributed by atoms with van der Waals surface area (Å²) in [4.78, 5) is 33.7. The molecule has 1 N–H and O–H groups in total. The van der Waals surface area contributed by atoms with Crippen molar-refractivity contribution >= 4 is 11.8 Å². The molecule has 25 heavy (non-hydrogen) atoms. The fourth-order valence-corrected chi connectivity index (χ4v) is 3.76. The number of piperazine rings is 1. The van der Waals surface area contributed by atoms with Gasteiger partial charge in [0.25, 0.3) is 0 Å². The average molecular weight is 344 g/mol. The van der Waals surface area contributed by atoms with Crippen molar-refractivity contribution in [2.75, 3.05) is 32.7 Å². The maximum atomic E-state index is 13.0. The van der Waals surface area contributed by atoms with Gasteiger partial charge in [-0.05, 0) is 17.5 Å². The summed E-state index contributed by atoms with van der Waals surface area (Å²) in [5, 5.41) is 2.88. The molecule has 0 aliphatic carbocycles. The normalized spacial score (nSPS) is 25.1. The van der Waals surface area contributed by atoms with Gasteiger partial charge in [-0.2, -0.15) is 0 Å². The Bertz CT molecular complexity index is 618. The van der Waals surface area contributed by atoms with E-state index in [1.165, 1.54) is 0 Å². The minimum Gasteiger partial charge on any atom is -0.355 e. The number of rotatable bonds is 3. The molecule has 2 amide bonds. The number of carbonyl (C=O) groups excluding carboxylic acids is 2. The molecule has 0 radical (unpaired) electrons. The molecule has 1 aromatic heterocycles. The second-order valence-electron chi connectivity index (χ2n) is 8.12. The Labute approximate surface area is 149 Å². The lowest BCUT2D eigenvalue weighted by Gasteiger charge is -2.37. The van der Waals surface area contributed by atoms with Crippen molar-refractivity contribution < 1.29 is 9.59 Å². The van der Waals surface area contributed by atoms with Crippen LogP contribution < -0.4 is 5.32 Å². The van der Waals surface area contributed by atoms with Crippen LogP contribution in [0.4, 0.5) is 0 Å². The Hall–Kier alpha value is -1.95. The lowest BCUT2D eigenvalue weighted by atomic mass is 9.74. The zero-order valence-corrected chi connectivity index (χ0v) is 15.4. The zero-order chi connectivity index (χ0) is 18.0. The Morgan fingerprint density at radius 3 is 2.56 bits per heavy atom. The van der Waals surface area contributed by atoms with E-state index < -0.39 is 5.92 Å². The minimum atomic E-state index is -0.539. The van der Waals surface area contributed by atoms with Crippen molar-refractivity contribution in [2.24, 2.45) is 17.3 Å². The fourth-order valence-electron chi connectivity index (χ4n) is 3.76. The molecule has 3 heterocycles. The van der Waals surface area contributed by atoms with Crippen LogP contribution in [0, 0.1) is 17.3 Å². The van der Waals surface area contributed by atoms with Crippen LogP contribution >= 0.6 is 0 Å². The second-order valence-corrected chi connectivity index (χ2v) is 8.12. The first-order chi connectivity index (χ1) is 11.9. The van der Waals surface area contributed by atoms with Gasteiger partial charge in [-0.3, -0.25) is 19.5 Å². The van der Waals surface area contributed by atoms with Gasteiger partial charge in [0.2, 0.25) is 11.8 Å². The largest absolute Gasteiger partial charge is 0.355 e. The Kier molecular flexibility index (Phi) is 5.08. The van der Waals surface area contributed by atoms with Gasteiger partial charge in [0.15, 0.2) is 0 Å². The molecule has 6 nitrogen and oxygen atoms in total. The summed E-state index contributed by atoms with van der Waals surface area (Å²) in [7, 11) is 0. The van der Waals surface area contributed by atoms with E-state index in [1.54, 1.807) is 6.20 Å². The Morgan fingerprint density at radius 2 is 1.96 bits per heavy atom. The topological polar surface area (TPSA) is 65.5 Å². The summed E-state index contributed by atoms with van der Waals surface area (Å²) < 4.78 is 0. The van der Waals surface area contributed by atoms with Crippen molar-refractivity contribution in [1.82, 2.24) is 20.1 Å². The lowest BCUT2D eigenvalue weighted by Crippen LogP contribution is -2.52. The van der Waals surface area contributed by atoms with Crippen LogP contribution in [0.3, 0.4) is 0 Å². The van der Waals surface area contributed by atoms with Crippen LogP contribution in [-0.2, 0) is 16.1 Å². The van der Waals surface area contributed by atoms with Crippen molar-refractivity contribution in [3.63, 3.8) is 0 Å². The van der Waals surface area contributed by atoms with Crippen molar-refractivity contribution in [3.05, 3.63) is 30.1 Å². The molecule has 1 aromatic rings. The highest BCUT2D eigenvalue weighted by atomic mass is 16.2. The third-order valence-corrected chi connectivity index (χ3v) is 5.36. The van der Waals surface area contributed by atoms with E-state index >= 15 is 0 Å². The van der Waals surface area contributed by atoms with Crippen molar-refractivity contribution in [3.8, 4) is 0 Å². The van der Waals surface area contributed by atoms with Crippen LogP contribution in [-0.4, -0.2) is 59.3 Å². The first-order valence-electron chi connectivity index (χ1n) is 9.05. The number of nitrogens with one attached hydrogen (secondary N) is 1. The van der Waals surface area contributed by atoms with E-state index in [-0.39, 0.29) is 23.1 Å². The van der Waals surface area contributed by atoms with Gasteiger partial charge >= 0.3 is 0 Å². The zero-order valence-electron chi connectivity index (χ0n) is 15.4. The highest BCUT2D eigenvalue weighted by Crippen LogP contribution is 2.36. The van der Waals surface area contributed by atoms with Gasteiger partial charge in [0.05, 0.1) is 5.69 Å². The molecule has 2 aliphatic rings. The second kappa shape index (κ2) is 7.12. The van der Waals surface area contributed by atoms with E-state index in [2.05, 4.69) is 36.0 Å². The monoisotopic (exact) mass is 344 g/mol. The summed E-state index contributed by atoms with van der Waals surface area (Å²) in [6, 6.07) is 5.93. The van der Waals surface area contributed by atoms with E-state index in [4.69, 9.17) is 0 Å². The molecular weight excluding hydrogens is 316 g/mol. The molecule has 0 bridgehead atoms. The number of nitrogens with zero attached hydrogens (tertiary/aromatic N) is 3. The summed E-state index contributed by atoms with van der Waals surface area (Å²) in [5.74, 6) is -0.602. The van der Waals surface area contributed by atoms with Crippen LogP contribution in [0.5, 0.6) is 0 Å². The highest BCUT2D eigenvalue weighted by Gasteiger charge is 2.47. The van der Waals surface area contributed by atoms with Gasteiger partial charge in [-0.25, -0.2) is 0 Å². The number of amides is 2. The summed E-state index contributed by atoms with van der Waals surface area (Å²) in [5.41, 5.74) is 0.977. The SMILES string of the molecule is CC(C)(C)[C@@H]1CNC(=O)[C@@H]1C(=O)N1CCN(Cc2ccccn2)CC1. The molecule has 3 rings (SSSR count). The minimum absolute atomic E-state index is 0.00703. The first kappa shape index (κ1) is 17.9. The molecule has 2 fully saturated rings. The number of aromatic nitrogens is 1. The number of hydrogen-bond donors (Lipinski definition) is 1. The lowest BCUT2D eigenvalue weighted by molar-refractivity contribution is -0.144. The number of hydrogen-bond acceptors (Lipinski definition) is 4. The number of pyridine rings is 1. The third kappa shape index (κ3) is 4.00. The van der Waals surface area contributed by atoms with Gasteiger partial charge < -0.3 is 10.2 Å². The summed E-state index contributed by atoms with van der Waals surface area (Å²) >= 11 is 0. The predicted octanol–water partition coefficient (Wildman–Crippen LogP) is 1.13. The molecule has 2 aliphatic heterocycles. The number of carbonyl (C=O) groups is 2. The predicted molar refractivity (Wildman–Crippen MR) is 95.5 cm³/mol. The van der Waals surface area contributed by atoms with Crippen molar-refractivity contribution in [1.29, 1.82) is 0 Å². The Morgan fingerprint density at radius 1 is 1.24 bits per heavy atom. The molecule has 0 spiro atoms. The summed E-state index contributed by atoms with van der Waals surface area (Å²) in [6.07, 6.45) is 1.81. The Balaban J connectivity index is 1.58. The van der Waals surface area contributed by atoms with Crippen LogP contribution in [0.2, 0.25) is 0 Å².